The molecule has 3 N–H and O–H groups in total. The van der Waals surface area contributed by atoms with Crippen LogP contribution in [-0.2, 0) is 15.2 Å². The van der Waals surface area contributed by atoms with Gasteiger partial charge in [-0.15, -0.1) is 0 Å². The van der Waals surface area contributed by atoms with Crippen LogP contribution in [0.3, 0.4) is 0 Å². The van der Waals surface area contributed by atoms with E-state index in [-0.39, 0.29) is 6.73 Å². The summed E-state index contributed by atoms with van der Waals surface area (Å²) in [6.07, 6.45) is 0. The van der Waals surface area contributed by atoms with Crippen LogP contribution in [0.1, 0.15) is 12.5 Å². The molecule has 0 heterocycles. The van der Waals surface area contributed by atoms with Crippen molar-refractivity contribution in [3.05, 3.63) is 23.8 Å². The van der Waals surface area contributed by atoms with Crippen LogP contribution in [0.4, 0.5) is 11.4 Å². The Kier molecular flexibility index (Phi) is 6.61. The molecule has 6 nitrogen and oxygen atoms in total. The van der Waals surface area contributed by atoms with Crippen LogP contribution >= 0.6 is 0 Å². The minimum absolute atomic E-state index is 0.0109. The standard InChI is InChI=1S/C12H21N3O3S/c1-3-15(7-6-14-9-18-19(16)17)11-4-5-12(13)10(2)8-11/h4-5,8,14,19H,3,6-7,9,13H2,1-2H3. The molecular formula is C12H21N3O3S. The van der Waals surface area contributed by atoms with Crippen molar-refractivity contribution in [1.29, 1.82) is 0 Å². The minimum atomic E-state index is -2.78. The van der Waals surface area contributed by atoms with Gasteiger partial charge in [0.05, 0.1) is 0 Å². The number of benzene rings is 1. The molecule has 0 aliphatic rings. The summed E-state index contributed by atoms with van der Waals surface area (Å²) in [6.45, 7) is 6.32. The van der Waals surface area contributed by atoms with E-state index in [9.17, 15) is 8.42 Å². The van der Waals surface area contributed by atoms with Crippen LogP contribution in [0, 0.1) is 6.92 Å². The normalized spacial score (nSPS) is 10.9. The molecule has 1 aromatic carbocycles. The maximum Gasteiger partial charge on any atom is 0.258 e. The van der Waals surface area contributed by atoms with Crippen molar-refractivity contribution in [3.63, 3.8) is 0 Å². The van der Waals surface area contributed by atoms with Gasteiger partial charge in [0.2, 0.25) is 0 Å². The highest BCUT2D eigenvalue weighted by atomic mass is 32.2. The molecule has 1 rings (SSSR count). The first-order valence-electron chi connectivity index (χ1n) is 6.13. The van der Waals surface area contributed by atoms with E-state index in [0.717, 1.165) is 30.0 Å². The third-order valence-electron chi connectivity index (χ3n) is 2.83. The van der Waals surface area contributed by atoms with Crippen molar-refractivity contribution in [1.82, 2.24) is 5.32 Å². The molecule has 0 amide bonds. The van der Waals surface area contributed by atoms with Gasteiger partial charge < -0.3 is 10.6 Å². The number of anilines is 2. The fraction of sp³-hybridized carbons (Fsp3) is 0.500. The van der Waals surface area contributed by atoms with Gasteiger partial charge >= 0.3 is 0 Å². The quantitative estimate of drug-likeness (QED) is 0.279. The van der Waals surface area contributed by atoms with E-state index in [2.05, 4.69) is 21.3 Å². The number of nitrogens with two attached hydrogens (primary N) is 1. The number of likely N-dealkylation sites (N-methyl/N-ethyl adjacent to an activating group) is 1. The smallest absolute Gasteiger partial charge is 0.258 e. The van der Waals surface area contributed by atoms with Gasteiger partial charge in [-0.2, -0.15) is 0 Å². The fourth-order valence-electron chi connectivity index (χ4n) is 1.71. The Morgan fingerprint density at radius 1 is 1.42 bits per heavy atom. The van der Waals surface area contributed by atoms with Gasteiger partial charge in [0.1, 0.15) is 6.73 Å². The molecule has 0 aliphatic carbocycles. The first-order chi connectivity index (χ1) is 9.04. The zero-order valence-electron chi connectivity index (χ0n) is 11.3. The lowest BCUT2D eigenvalue weighted by Gasteiger charge is -2.24. The zero-order chi connectivity index (χ0) is 14.3. The van der Waals surface area contributed by atoms with E-state index >= 15 is 0 Å². The molecule has 0 saturated carbocycles. The summed E-state index contributed by atoms with van der Waals surface area (Å²) in [5, 5.41) is 2.90. The molecule has 0 saturated heterocycles. The number of rotatable bonds is 8. The Bertz CT molecular complexity index is 469. The molecule has 0 radical (unpaired) electrons. The van der Waals surface area contributed by atoms with Gasteiger partial charge in [-0.1, -0.05) is 0 Å². The summed E-state index contributed by atoms with van der Waals surface area (Å²) < 4.78 is 24.8. The van der Waals surface area contributed by atoms with Crippen LogP contribution in [0.25, 0.3) is 0 Å². The van der Waals surface area contributed by atoms with E-state index in [1.54, 1.807) is 0 Å². The fourth-order valence-corrected chi connectivity index (χ4v) is 1.91. The molecule has 108 valence electrons. The van der Waals surface area contributed by atoms with Gasteiger partial charge in [-0.05, 0) is 37.6 Å². The maximum absolute atomic E-state index is 10.2. The number of aryl methyl sites for hydroxylation is 1. The van der Waals surface area contributed by atoms with E-state index in [0.29, 0.717) is 6.54 Å². The van der Waals surface area contributed by atoms with Crippen LogP contribution in [-0.4, -0.2) is 34.8 Å². The number of nitrogens with zero attached hydrogens (tertiary/aromatic N) is 1. The van der Waals surface area contributed by atoms with Crippen molar-refractivity contribution in [3.8, 4) is 0 Å². The minimum Gasteiger partial charge on any atom is -0.399 e. The van der Waals surface area contributed by atoms with E-state index in [4.69, 9.17) is 5.73 Å². The van der Waals surface area contributed by atoms with E-state index in [1.807, 2.05) is 25.1 Å². The number of nitrogens with one attached hydrogen (secondary N) is 1. The number of nitrogen functional groups attached to an aromatic ring is 1. The largest absolute Gasteiger partial charge is 0.399 e. The second-order valence-electron chi connectivity index (χ2n) is 4.12. The van der Waals surface area contributed by atoms with Crippen molar-refractivity contribution in [2.45, 2.75) is 13.8 Å². The summed E-state index contributed by atoms with van der Waals surface area (Å²) in [7, 11) is -2.78. The number of thiol groups is 1. The molecule has 1 aromatic rings. The van der Waals surface area contributed by atoms with Gasteiger partial charge in [-0.3, -0.25) is 9.50 Å². The molecule has 19 heavy (non-hydrogen) atoms. The molecule has 7 heteroatoms. The topological polar surface area (TPSA) is 84.7 Å². The molecule has 0 fully saturated rings. The molecule has 0 atom stereocenters. The molecule has 0 bridgehead atoms. The highest BCUT2D eigenvalue weighted by Crippen LogP contribution is 2.20. The summed E-state index contributed by atoms with van der Waals surface area (Å²) >= 11 is 0. The lowest BCUT2D eigenvalue weighted by atomic mass is 10.1. The third kappa shape index (κ3) is 5.46. The summed E-state index contributed by atoms with van der Waals surface area (Å²) in [6, 6.07) is 5.92. The van der Waals surface area contributed by atoms with Crippen molar-refractivity contribution in [2.75, 3.05) is 37.0 Å². The van der Waals surface area contributed by atoms with Crippen LogP contribution in [0.15, 0.2) is 18.2 Å². The molecule has 0 aromatic heterocycles. The Morgan fingerprint density at radius 2 is 2.16 bits per heavy atom. The predicted octanol–water partition coefficient (Wildman–Crippen LogP) is 0.494. The number of hydrogen-bond donors (Lipinski definition) is 3. The van der Waals surface area contributed by atoms with Gasteiger partial charge in [0.25, 0.3) is 11.0 Å². The molecule has 0 aliphatic heterocycles. The summed E-state index contributed by atoms with van der Waals surface area (Å²) in [5.41, 5.74) is 8.73. The highest BCUT2D eigenvalue weighted by Gasteiger charge is 2.05. The summed E-state index contributed by atoms with van der Waals surface area (Å²) in [5.74, 6) is 0. The van der Waals surface area contributed by atoms with Gasteiger partial charge in [0.15, 0.2) is 0 Å². The van der Waals surface area contributed by atoms with E-state index < -0.39 is 11.0 Å². The van der Waals surface area contributed by atoms with Crippen LogP contribution < -0.4 is 16.0 Å². The monoisotopic (exact) mass is 287 g/mol. The Balaban J connectivity index is 2.46. The molecule has 0 unspecified atom stereocenters. The molecule has 0 spiro atoms. The predicted molar refractivity (Wildman–Crippen MR) is 77.7 cm³/mol. The summed E-state index contributed by atoms with van der Waals surface area (Å²) in [4.78, 5) is 2.18. The molecular weight excluding hydrogens is 266 g/mol. The van der Waals surface area contributed by atoms with Gasteiger partial charge in [-0.25, -0.2) is 8.42 Å². The Labute approximate surface area is 115 Å². The van der Waals surface area contributed by atoms with Crippen LogP contribution in [0.2, 0.25) is 0 Å². The van der Waals surface area contributed by atoms with Crippen molar-refractivity contribution >= 4 is 22.4 Å². The lowest BCUT2D eigenvalue weighted by molar-refractivity contribution is 0.301. The lowest BCUT2D eigenvalue weighted by Crippen LogP contribution is -2.33. The van der Waals surface area contributed by atoms with E-state index in [1.165, 1.54) is 0 Å². The average Bonchev–Trinajstić information content (AvgIpc) is 2.37. The second-order valence-corrected chi connectivity index (χ2v) is 4.82. The SMILES string of the molecule is CCN(CCNCO[SH](=O)=O)c1ccc(N)c(C)c1. The first kappa shape index (κ1) is 15.7. The van der Waals surface area contributed by atoms with Crippen LogP contribution in [0.5, 0.6) is 0 Å². The first-order valence-corrected chi connectivity index (χ1v) is 7.23. The second kappa shape index (κ2) is 7.98. The third-order valence-corrected chi connectivity index (χ3v) is 3.17. The number of hydrogen-bond acceptors (Lipinski definition) is 6. The highest BCUT2D eigenvalue weighted by molar-refractivity contribution is 7.67. The Morgan fingerprint density at radius 3 is 2.74 bits per heavy atom. The average molecular weight is 287 g/mol. The Hall–Kier alpha value is -1.31. The van der Waals surface area contributed by atoms with Crippen molar-refractivity contribution in [2.24, 2.45) is 0 Å². The van der Waals surface area contributed by atoms with Crippen molar-refractivity contribution < 1.29 is 12.6 Å². The maximum atomic E-state index is 10.2. The van der Waals surface area contributed by atoms with Gasteiger partial charge in [0, 0.05) is 31.0 Å². The zero-order valence-corrected chi connectivity index (χ0v) is 12.2.